The third-order valence-corrected chi connectivity index (χ3v) is 5.86. The average Bonchev–Trinajstić information content (AvgIpc) is 3.01. The van der Waals surface area contributed by atoms with Crippen molar-refractivity contribution in [1.82, 2.24) is 13.9 Å². The molecule has 3 aliphatic heterocycles. The molecule has 1 spiro atoms. The maximum Gasteiger partial charge on any atom is 0.355 e. The number of Topliss-reactive ketones (excluding diaryl/α,β-unsaturated/α-hetero) is 1. The molecule has 138 valence electrons. The van der Waals surface area contributed by atoms with Gasteiger partial charge in [0, 0.05) is 6.42 Å². The maximum absolute atomic E-state index is 13.4. The summed E-state index contributed by atoms with van der Waals surface area (Å²) in [5.41, 5.74) is -0.793. The van der Waals surface area contributed by atoms with Crippen LogP contribution in [0.15, 0.2) is 75.8 Å². The number of ether oxygens (including phenoxy) is 1. The number of benzene rings is 2. The van der Waals surface area contributed by atoms with Gasteiger partial charge in [-0.2, -0.15) is 4.68 Å². The topological polar surface area (TPSA) is 75.2 Å². The molecular formula is C21H15N3O4. The molecule has 0 saturated heterocycles. The predicted octanol–water partition coefficient (Wildman–Crippen LogP) is 2.00. The highest BCUT2D eigenvalue weighted by atomic mass is 16.5. The number of para-hydroxylation sites is 2. The number of allylic oxidation sites excluding steroid dienone is 1. The highest BCUT2D eigenvalue weighted by molar-refractivity contribution is 6.12. The fourth-order valence-corrected chi connectivity index (χ4v) is 4.64. The second kappa shape index (κ2) is 5.01. The van der Waals surface area contributed by atoms with Crippen molar-refractivity contribution in [2.75, 3.05) is 0 Å². The summed E-state index contributed by atoms with van der Waals surface area (Å²) in [5, 5.41) is 0. The van der Waals surface area contributed by atoms with Crippen molar-refractivity contribution in [2.24, 2.45) is 0 Å². The van der Waals surface area contributed by atoms with E-state index in [1.165, 1.54) is 9.36 Å². The number of hydrogen-bond donors (Lipinski definition) is 0. The Bertz CT molecular complexity index is 1310. The lowest BCUT2D eigenvalue weighted by molar-refractivity contribution is -0.0504. The molecule has 7 rings (SSSR count). The van der Waals surface area contributed by atoms with E-state index in [4.69, 9.17) is 4.74 Å². The Morgan fingerprint density at radius 2 is 1.68 bits per heavy atom. The Balaban J connectivity index is 1.67. The molecule has 0 radical (unpaired) electrons. The van der Waals surface area contributed by atoms with Crippen molar-refractivity contribution in [1.29, 1.82) is 0 Å². The van der Waals surface area contributed by atoms with Crippen molar-refractivity contribution in [3.05, 3.63) is 92.8 Å². The average molecular weight is 373 g/mol. The fraction of sp³-hybridized carbons (Fsp3) is 0.190. The normalized spacial score (nSPS) is 24.1. The molecule has 0 amide bonds. The van der Waals surface area contributed by atoms with Gasteiger partial charge in [0.2, 0.25) is 5.72 Å². The van der Waals surface area contributed by atoms with Crippen LogP contribution in [0.4, 0.5) is 0 Å². The van der Waals surface area contributed by atoms with Crippen LogP contribution >= 0.6 is 0 Å². The molecule has 4 heterocycles. The molecule has 4 aliphatic rings. The van der Waals surface area contributed by atoms with Crippen molar-refractivity contribution in [3.8, 4) is 11.4 Å². The van der Waals surface area contributed by atoms with Gasteiger partial charge >= 0.3 is 11.4 Å². The highest BCUT2D eigenvalue weighted by Crippen LogP contribution is 2.49. The van der Waals surface area contributed by atoms with Gasteiger partial charge < -0.3 is 4.74 Å². The van der Waals surface area contributed by atoms with Crippen molar-refractivity contribution < 1.29 is 9.53 Å². The van der Waals surface area contributed by atoms with Crippen LogP contribution in [-0.2, 0) is 5.72 Å². The van der Waals surface area contributed by atoms with Gasteiger partial charge in [0.25, 0.3) is 0 Å². The van der Waals surface area contributed by atoms with Gasteiger partial charge in [-0.05, 0) is 36.8 Å². The van der Waals surface area contributed by atoms with E-state index in [2.05, 4.69) is 0 Å². The van der Waals surface area contributed by atoms with Gasteiger partial charge in [-0.15, -0.1) is 0 Å². The van der Waals surface area contributed by atoms with Gasteiger partial charge in [0.1, 0.15) is 5.75 Å². The molecule has 28 heavy (non-hydrogen) atoms. The molecule has 2 bridgehead atoms. The number of hydrogen-bond acceptors (Lipinski definition) is 4. The standard InChI is InChI=1S/C21H15N3O4/c25-18-15-8-4-5-9-17(15)28-21-11-10-14(12-16(18)21)23-19(26)22(20(27)24(21)23)13-6-2-1-3-7-13/h1-9,12,14H,10-11H2. The highest BCUT2D eigenvalue weighted by Gasteiger charge is 2.56. The predicted molar refractivity (Wildman–Crippen MR) is 100 cm³/mol. The second-order valence-corrected chi connectivity index (χ2v) is 7.29. The fourth-order valence-electron chi connectivity index (χ4n) is 4.64. The van der Waals surface area contributed by atoms with Crippen LogP contribution in [0.2, 0.25) is 0 Å². The van der Waals surface area contributed by atoms with E-state index in [0.29, 0.717) is 35.4 Å². The summed E-state index contributed by atoms with van der Waals surface area (Å²) in [4.78, 5) is 39.7. The second-order valence-electron chi connectivity index (χ2n) is 7.29. The Hall–Kier alpha value is -3.61. The molecule has 2 atom stereocenters. The first-order valence-corrected chi connectivity index (χ1v) is 9.19. The zero-order valence-electron chi connectivity index (χ0n) is 14.7. The molecule has 1 aromatic heterocycles. The largest absolute Gasteiger partial charge is 0.461 e. The first-order chi connectivity index (χ1) is 13.6. The van der Waals surface area contributed by atoms with E-state index in [1.54, 1.807) is 54.6 Å². The summed E-state index contributed by atoms with van der Waals surface area (Å²) in [7, 11) is 0. The van der Waals surface area contributed by atoms with Crippen LogP contribution in [0, 0.1) is 0 Å². The van der Waals surface area contributed by atoms with E-state index >= 15 is 0 Å². The number of ketones is 1. The Morgan fingerprint density at radius 3 is 2.50 bits per heavy atom. The summed E-state index contributed by atoms with van der Waals surface area (Å²) < 4.78 is 10.2. The van der Waals surface area contributed by atoms with Crippen LogP contribution in [-0.4, -0.2) is 19.7 Å². The Morgan fingerprint density at radius 1 is 0.929 bits per heavy atom. The lowest BCUT2D eigenvalue weighted by Gasteiger charge is -2.48. The number of carbonyl (C=O) groups excluding carboxylic acids is 1. The summed E-state index contributed by atoms with van der Waals surface area (Å²) in [6, 6.07) is 15.5. The van der Waals surface area contributed by atoms with E-state index in [9.17, 15) is 14.4 Å². The van der Waals surface area contributed by atoms with E-state index in [1.807, 2.05) is 6.07 Å². The molecule has 2 aromatic carbocycles. The van der Waals surface area contributed by atoms with E-state index in [-0.39, 0.29) is 11.8 Å². The number of carbonyl (C=O) groups is 1. The van der Waals surface area contributed by atoms with Gasteiger partial charge in [-0.1, -0.05) is 30.3 Å². The maximum atomic E-state index is 13.4. The first-order valence-electron chi connectivity index (χ1n) is 9.19. The molecule has 2 unspecified atom stereocenters. The Labute approximate surface area is 158 Å². The number of rotatable bonds is 1. The molecular weight excluding hydrogens is 358 g/mol. The van der Waals surface area contributed by atoms with E-state index in [0.717, 1.165) is 4.57 Å². The number of aromatic nitrogens is 3. The van der Waals surface area contributed by atoms with Crippen molar-refractivity contribution >= 4 is 5.78 Å². The van der Waals surface area contributed by atoms with Crippen LogP contribution in [0.5, 0.6) is 5.75 Å². The quantitative estimate of drug-likeness (QED) is 0.654. The van der Waals surface area contributed by atoms with Gasteiger partial charge in [0.15, 0.2) is 5.78 Å². The zero-order chi connectivity index (χ0) is 19.0. The SMILES string of the molecule is O=C1C2=CC3CCC2(Oc2ccccc21)n1c(=O)n(-c2ccccc2)c(=O)n13. The molecule has 0 saturated carbocycles. The van der Waals surface area contributed by atoms with Gasteiger partial charge in [0.05, 0.1) is 22.9 Å². The third kappa shape index (κ3) is 1.67. The monoisotopic (exact) mass is 373 g/mol. The smallest absolute Gasteiger partial charge is 0.355 e. The van der Waals surface area contributed by atoms with Crippen LogP contribution in [0.25, 0.3) is 5.69 Å². The minimum Gasteiger partial charge on any atom is -0.461 e. The third-order valence-electron chi connectivity index (χ3n) is 5.86. The molecule has 0 N–H and O–H groups in total. The van der Waals surface area contributed by atoms with Gasteiger partial charge in [-0.25, -0.2) is 18.8 Å². The lowest BCUT2D eigenvalue weighted by Crippen LogP contribution is -2.59. The molecule has 7 heteroatoms. The van der Waals surface area contributed by atoms with Crippen molar-refractivity contribution in [3.63, 3.8) is 0 Å². The summed E-state index contributed by atoms with van der Waals surface area (Å²) in [6.45, 7) is 0. The van der Waals surface area contributed by atoms with Crippen LogP contribution in [0.1, 0.15) is 29.2 Å². The van der Waals surface area contributed by atoms with Gasteiger partial charge in [-0.3, -0.25) is 4.79 Å². The minimum atomic E-state index is -1.28. The van der Waals surface area contributed by atoms with Crippen LogP contribution < -0.4 is 16.1 Å². The number of fused-ring (bicyclic) bond motifs is 2. The summed E-state index contributed by atoms with van der Waals surface area (Å²) in [6.07, 6.45) is 2.87. The van der Waals surface area contributed by atoms with Crippen molar-refractivity contribution in [2.45, 2.75) is 24.6 Å². The molecule has 7 nitrogen and oxygen atoms in total. The lowest BCUT2D eigenvalue weighted by atomic mass is 9.79. The van der Waals surface area contributed by atoms with E-state index < -0.39 is 17.1 Å². The molecule has 0 fully saturated rings. The first kappa shape index (κ1) is 15.4. The summed E-state index contributed by atoms with van der Waals surface area (Å²) >= 11 is 0. The molecule has 1 aliphatic carbocycles. The zero-order valence-corrected chi connectivity index (χ0v) is 14.7. The number of nitrogens with zero attached hydrogens (tertiary/aromatic N) is 3. The Kier molecular flexibility index (Phi) is 2.76. The molecule has 3 aromatic rings. The van der Waals surface area contributed by atoms with Crippen LogP contribution in [0.3, 0.4) is 0 Å². The minimum absolute atomic E-state index is 0.149. The summed E-state index contributed by atoms with van der Waals surface area (Å²) in [5.74, 6) is 0.285.